The van der Waals surface area contributed by atoms with E-state index in [2.05, 4.69) is 186 Å². The predicted molar refractivity (Wildman–Crippen MR) is 212 cm³/mol. The Hall–Kier alpha value is -6.13. The topological polar surface area (TPSA) is 32.6 Å². The van der Waals surface area contributed by atoms with Crippen LogP contribution in [0.5, 0.6) is 0 Å². The van der Waals surface area contributed by atoms with E-state index in [0.29, 0.717) is 0 Å². The number of aromatic nitrogens is 1. The minimum absolute atomic E-state index is 0.0794. The molecule has 2 aliphatic carbocycles. The molecule has 0 saturated carbocycles. The van der Waals surface area contributed by atoms with Crippen LogP contribution >= 0.6 is 0 Å². The zero-order chi connectivity index (χ0) is 33.8. The van der Waals surface area contributed by atoms with E-state index in [1.54, 1.807) is 0 Å². The summed E-state index contributed by atoms with van der Waals surface area (Å²) in [6, 6.07) is 49.0. The van der Waals surface area contributed by atoms with Gasteiger partial charge in [-0.15, -0.1) is 0 Å². The summed E-state index contributed by atoms with van der Waals surface area (Å²) in [6.07, 6.45) is 9.08. The quantitative estimate of drug-likeness (QED) is 0.201. The van der Waals surface area contributed by atoms with E-state index in [4.69, 9.17) is 4.99 Å². The molecule has 0 spiro atoms. The van der Waals surface area contributed by atoms with Crippen LogP contribution in [0.4, 0.5) is 5.69 Å². The number of hydrogen-bond donors (Lipinski definition) is 1. The maximum Gasteiger partial charge on any atom is 0.205 e. The number of benzene rings is 6. The number of nitrogens with one attached hydrogen (secondary N) is 1. The third-order valence-electron chi connectivity index (χ3n) is 11.8. The molecule has 7 aromatic rings. The largest absolute Gasteiger partial charge is 0.345 e. The number of para-hydroxylation sites is 2. The van der Waals surface area contributed by atoms with Crippen molar-refractivity contribution in [1.29, 1.82) is 0 Å². The summed E-state index contributed by atoms with van der Waals surface area (Å²) in [5.41, 5.74) is 12.2. The molecule has 4 nitrogen and oxygen atoms in total. The van der Waals surface area contributed by atoms with E-state index in [1.165, 1.54) is 71.8 Å². The third-order valence-corrected chi connectivity index (χ3v) is 11.8. The van der Waals surface area contributed by atoms with Crippen molar-refractivity contribution in [1.82, 2.24) is 9.88 Å². The molecule has 1 N–H and O–H groups in total. The van der Waals surface area contributed by atoms with Crippen molar-refractivity contribution < 1.29 is 0 Å². The number of aliphatic imine (C=N–C) groups is 1. The Morgan fingerprint density at radius 3 is 2.27 bits per heavy atom. The van der Waals surface area contributed by atoms with Gasteiger partial charge in [-0.25, -0.2) is 4.99 Å². The van der Waals surface area contributed by atoms with Gasteiger partial charge in [0.15, 0.2) is 0 Å². The highest BCUT2D eigenvalue weighted by Gasteiger charge is 2.47. The highest BCUT2D eigenvalue weighted by molar-refractivity contribution is 6.10. The zero-order valence-corrected chi connectivity index (χ0v) is 28.6. The van der Waals surface area contributed by atoms with E-state index in [1.807, 2.05) is 0 Å². The normalized spacial score (nSPS) is 21.1. The fourth-order valence-corrected chi connectivity index (χ4v) is 9.44. The van der Waals surface area contributed by atoms with E-state index in [-0.39, 0.29) is 23.4 Å². The molecule has 0 radical (unpaired) electrons. The molecule has 1 aromatic heterocycles. The Morgan fingerprint density at radius 2 is 1.39 bits per heavy atom. The predicted octanol–water partition coefficient (Wildman–Crippen LogP) is 10.7. The van der Waals surface area contributed by atoms with Gasteiger partial charge in [0.2, 0.25) is 5.96 Å². The average Bonchev–Trinajstić information content (AvgIpc) is 3.76. The zero-order valence-electron chi connectivity index (χ0n) is 28.6. The second kappa shape index (κ2) is 10.4. The fraction of sp³-hybridized carbons (Fsp3) is 0.128. The highest BCUT2D eigenvalue weighted by atomic mass is 15.4. The number of nitrogens with zero attached hydrogens (tertiary/aromatic N) is 3. The number of guanidine groups is 1. The SMILES string of the molecule is CC1(C)C2=C(N=C(N3c4cc5ccccc5cc4C4C=CC=CC43)NC2c2ccc3c(c2)c2ccccc2n3-c2ccccc2)c2ccccc21. The Balaban J connectivity index is 1.13. The molecule has 11 rings (SSSR count). The molecule has 3 unspecified atom stereocenters. The Kier molecular flexibility index (Phi) is 5.87. The summed E-state index contributed by atoms with van der Waals surface area (Å²) < 4.78 is 2.39. The Labute approximate surface area is 297 Å². The van der Waals surface area contributed by atoms with Crippen molar-refractivity contribution in [3.63, 3.8) is 0 Å². The maximum atomic E-state index is 5.61. The molecule has 0 bridgehead atoms. The highest BCUT2D eigenvalue weighted by Crippen LogP contribution is 2.54. The summed E-state index contributed by atoms with van der Waals surface area (Å²) >= 11 is 0. The minimum atomic E-state index is -0.208. The molecule has 3 atom stereocenters. The van der Waals surface area contributed by atoms with Gasteiger partial charge in [0.25, 0.3) is 0 Å². The molecule has 6 aromatic carbocycles. The third kappa shape index (κ3) is 3.99. The van der Waals surface area contributed by atoms with Gasteiger partial charge in [0.05, 0.1) is 28.8 Å². The standard InChI is InChI=1S/C47H36N4/c1-47(2)38-21-11-8-20-35(38)45-43(47)44(31-24-25-41-36(27-31)33-18-9-12-22-39(33)50(41)32-16-4-3-5-17-32)48-46(49-45)51-40-23-13-10-19-34(40)37-26-29-14-6-7-15-30(29)28-42(37)51/h3-28,34,40,44H,1-2H3,(H,48,49). The van der Waals surface area contributed by atoms with Crippen molar-refractivity contribution in [2.45, 2.75) is 37.3 Å². The first kappa shape index (κ1) is 28.7. The lowest BCUT2D eigenvalue weighted by Gasteiger charge is -2.38. The van der Waals surface area contributed by atoms with Crippen molar-refractivity contribution in [2.24, 2.45) is 4.99 Å². The van der Waals surface area contributed by atoms with Crippen LogP contribution in [0.15, 0.2) is 168 Å². The lowest BCUT2D eigenvalue weighted by Crippen LogP contribution is -2.49. The van der Waals surface area contributed by atoms with Crippen LogP contribution in [0.25, 0.3) is 44.0 Å². The average molecular weight is 657 g/mol. The van der Waals surface area contributed by atoms with Gasteiger partial charge in [-0.1, -0.05) is 129 Å². The second-order valence-corrected chi connectivity index (χ2v) is 14.8. The second-order valence-electron chi connectivity index (χ2n) is 14.8. The van der Waals surface area contributed by atoms with Gasteiger partial charge < -0.3 is 14.8 Å². The van der Waals surface area contributed by atoms with Gasteiger partial charge in [0.1, 0.15) is 0 Å². The lowest BCUT2D eigenvalue weighted by molar-refractivity contribution is 0.550. The minimum Gasteiger partial charge on any atom is -0.345 e. The Morgan fingerprint density at radius 1 is 0.667 bits per heavy atom. The van der Waals surface area contributed by atoms with Crippen molar-refractivity contribution in [3.05, 3.63) is 186 Å². The van der Waals surface area contributed by atoms with Crippen LogP contribution in [0.2, 0.25) is 0 Å². The molecule has 3 heterocycles. The van der Waals surface area contributed by atoms with E-state index >= 15 is 0 Å². The van der Waals surface area contributed by atoms with Crippen molar-refractivity contribution in [3.8, 4) is 5.69 Å². The molecule has 2 aliphatic heterocycles. The first-order valence-electron chi connectivity index (χ1n) is 18.0. The molecular formula is C47H36N4. The maximum absolute atomic E-state index is 5.61. The van der Waals surface area contributed by atoms with Gasteiger partial charge in [0, 0.05) is 39.0 Å². The molecule has 4 aliphatic rings. The molecule has 244 valence electrons. The lowest BCUT2D eigenvalue weighted by atomic mass is 9.76. The summed E-state index contributed by atoms with van der Waals surface area (Å²) in [5.74, 6) is 1.16. The van der Waals surface area contributed by atoms with Crippen molar-refractivity contribution in [2.75, 3.05) is 4.90 Å². The number of anilines is 1. The van der Waals surface area contributed by atoms with E-state index < -0.39 is 0 Å². The van der Waals surface area contributed by atoms with Crippen LogP contribution in [0, 0.1) is 0 Å². The van der Waals surface area contributed by atoms with Crippen molar-refractivity contribution >= 4 is 49.9 Å². The van der Waals surface area contributed by atoms with E-state index in [9.17, 15) is 0 Å². The smallest absolute Gasteiger partial charge is 0.205 e. The van der Waals surface area contributed by atoms with Gasteiger partial charge in [-0.2, -0.15) is 0 Å². The first-order chi connectivity index (χ1) is 25.1. The van der Waals surface area contributed by atoms with Crippen LogP contribution in [0.1, 0.15) is 48.1 Å². The van der Waals surface area contributed by atoms with Gasteiger partial charge in [-0.3, -0.25) is 0 Å². The fourth-order valence-electron chi connectivity index (χ4n) is 9.44. The monoisotopic (exact) mass is 656 g/mol. The summed E-state index contributed by atoms with van der Waals surface area (Å²) in [4.78, 5) is 8.08. The summed E-state index contributed by atoms with van der Waals surface area (Å²) in [5, 5.41) is 9.13. The van der Waals surface area contributed by atoms with Gasteiger partial charge in [-0.05, 0) is 75.5 Å². The molecule has 4 heteroatoms. The number of rotatable bonds is 2. The van der Waals surface area contributed by atoms with Crippen LogP contribution in [-0.4, -0.2) is 16.6 Å². The molecular weight excluding hydrogens is 621 g/mol. The summed E-state index contributed by atoms with van der Waals surface area (Å²) in [7, 11) is 0. The van der Waals surface area contributed by atoms with Gasteiger partial charge >= 0.3 is 0 Å². The molecule has 0 amide bonds. The van der Waals surface area contributed by atoms with Crippen LogP contribution in [0.3, 0.4) is 0 Å². The molecule has 0 fully saturated rings. The number of hydrogen-bond acceptors (Lipinski definition) is 3. The first-order valence-corrected chi connectivity index (χ1v) is 18.0. The molecule has 0 saturated heterocycles. The summed E-state index contributed by atoms with van der Waals surface area (Å²) in [6.45, 7) is 4.73. The van der Waals surface area contributed by atoms with E-state index in [0.717, 1.165) is 11.7 Å². The van der Waals surface area contributed by atoms with Crippen LogP contribution < -0.4 is 10.2 Å². The van der Waals surface area contributed by atoms with Crippen LogP contribution in [-0.2, 0) is 5.41 Å². The number of fused-ring (bicyclic) bond motifs is 9. The molecule has 51 heavy (non-hydrogen) atoms. The number of allylic oxidation sites excluding steroid dienone is 2. The Bertz CT molecular complexity index is 2720.